The Hall–Kier alpha value is -1.76. The lowest BCUT2D eigenvalue weighted by Gasteiger charge is -2.48. The van der Waals surface area contributed by atoms with Crippen molar-refractivity contribution in [2.45, 2.75) is 49.8 Å². The first kappa shape index (κ1) is 23.4. The summed E-state index contributed by atoms with van der Waals surface area (Å²) in [5, 5.41) is 11.9. The Balaban J connectivity index is 1.31. The highest BCUT2D eigenvalue weighted by atomic mass is 35.5. The van der Waals surface area contributed by atoms with Crippen molar-refractivity contribution in [3.8, 4) is 5.75 Å². The number of likely N-dealkylation sites (tertiary alicyclic amines) is 1. The highest BCUT2D eigenvalue weighted by Gasteiger charge is 2.45. The van der Waals surface area contributed by atoms with Gasteiger partial charge in [-0.25, -0.2) is 0 Å². The summed E-state index contributed by atoms with van der Waals surface area (Å²) in [5.74, 6) is 0.734. The van der Waals surface area contributed by atoms with Crippen molar-refractivity contribution in [2.24, 2.45) is 5.92 Å². The Labute approximate surface area is 192 Å². The normalized spacial score (nSPS) is 22.2. The largest absolute Gasteiger partial charge is 0.493 e. The second-order valence-corrected chi connectivity index (χ2v) is 9.57. The van der Waals surface area contributed by atoms with E-state index < -0.39 is 17.8 Å². The fourth-order valence-corrected chi connectivity index (χ4v) is 5.11. The number of hydrogen-bond acceptors (Lipinski definition) is 3. The highest BCUT2D eigenvalue weighted by Crippen LogP contribution is 2.47. The van der Waals surface area contributed by atoms with Crippen LogP contribution in [0.25, 0.3) is 0 Å². The molecule has 0 amide bonds. The van der Waals surface area contributed by atoms with Crippen molar-refractivity contribution in [2.75, 3.05) is 26.2 Å². The molecule has 1 aliphatic heterocycles. The number of nitrogens with zero attached hydrogens (tertiary/aromatic N) is 1. The minimum Gasteiger partial charge on any atom is -0.493 e. The van der Waals surface area contributed by atoms with Crippen LogP contribution in [0.3, 0.4) is 0 Å². The Morgan fingerprint density at radius 2 is 1.75 bits per heavy atom. The summed E-state index contributed by atoms with van der Waals surface area (Å²) in [5.41, 5.74) is 0.280. The fourth-order valence-electron chi connectivity index (χ4n) is 4.98. The molecular weight excluding hydrogens is 439 g/mol. The first-order valence-electron chi connectivity index (χ1n) is 11.2. The van der Waals surface area contributed by atoms with Gasteiger partial charge in [0.25, 0.3) is 0 Å². The molecule has 2 unspecified atom stereocenters. The van der Waals surface area contributed by atoms with E-state index in [0.29, 0.717) is 23.9 Å². The Morgan fingerprint density at radius 1 is 1.06 bits per heavy atom. The van der Waals surface area contributed by atoms with Gasteiger partial charge in [0, 0.05) is 29.4 Å². The molecule has 2 fully saturated rings. The molecule has 2 aliphatic rings. The van der Waals surface area contributed by atoms with Crippen LogP contribution in [-0.4, -0.2) is 42.4 Å². The zero-order valence-corrected chi connectivity index (χ0v) is 18.7. The number of hydrogen-bond donors (Lipinski definition) is 1. The number of rotatable bonds is 7. The molecule has 0 spiro atoms. The average molecular weight is 468 g/mol. The van der Waals surface area contributed by atoms with Crippen LogP contribution in [0.2, 0.25) is 5.02 Å². The second kappa shape index (κ2) is 9.62. The quantitative estimate of drug-likeness (QED) is 0.547. The molecule has 1 N–H and O–H groups in total. The van der Waals surface area contributed by atoms with Gasteiger partial charge in [0.15, 0.2) is 0 Å². The van der Waals surface area contributed by atoms with Gasteiger partial charge >= 0.3 is 6.18 Å². The molecule has 0 bridgehead atoms. The Bertz CT molecular complexity index is 882. The van der Waals surface area contributed by atoms with Gasteiger partial charge in [-0.2, -0.15) is 13.2 Å². The highest BCUT2D eigenvalue weighted by molar-refractivity contribution is 6.30. The molecule has 174 valence electrons. The van der Waals surface area contributed by atoms with E-state index >= 15 is 0 Å². The monoisotopic (exact) mass is 467 g/mol. The van der Waals surface area contributed by atoms with Gasteiger partial charge in [-0.1, -0.05) is 30.2 Å². The van der Waals surface area contributed by atoms with Crippen molar-refractivity contribution in [3.05, 3.63) is 64.7 Å². The van der Waals surface area contributed by atoms with E-state index in [4.69, 9.17) is 16.3 Å². The molecule has 2 atom stereocenters. The molecule has 2 aromatic carbocycles. The average Bonchev–Trinajstić information content (AvgIpc) is 2.73. The van der Waals surface area contributed by atoms with Crippen LogP contribution in [-0.2, 0) is 11.6 Å². The molecular formula is C25H29ClF3NO2. The van der Waals surface area contributed by atoms with Gasteiger partial charge < -0.3 is 14.7 Å². The molecule has 4 rings (SSSR count). The molecule has 2 aromatic rings. The lowest BCUT2D eigenvalue weighted by atomic mass is 9.61. The summed E-state index contributed by atoms with van der Waals surface area (Å²) in [4.78, 5) is 2.30. The maximum Gasteiger partial charge on any atom is 0.416 e. The summed E-state index contributed by atoms with van der Waals surface area (Å²) in [6.45, 7) is 2.82. The number of aliphatic hydroxyl groups is 1. The SMILES string of the molecule is OC(CN1CCCC(COc2ccc(C(F)(F)F)cc2)C1)C1(c2ccc(Cl)cc2)CCC1. The first-order valence-corrected chi connectivity index (χ1v) is 11.6. The third-order valence-electron chi connectivity index (χ3n) is 7.00. The van der Waals surface area contributed by atoms with Crippen LogP contribution in [0.15, 0.2) is 48.5 Å². The maximum absolute atomic E-state index is 12.7. The first-order chi connectivity index (χ1) is 15.3. The number of benzene rings is 2. The van der Waals surface area contributed by atoms with E-state index in [0.717, 1.165) is 62.9 Å². The lowest BCUT2D eigenvalue weighted by Crippen LogP contribution is -2.52. The molecule has 0 aromatic heterocycles. The minimum absolute atomic E-state index is 0.200. The van der Waals surface area contributed by atoms with Gasteiger partial charge in [-0.15, -0.1) is 0 Å². The van der Waals surface area contributed by atoms with E-state index in [2.05, 4.69) is 4.90 Å². The predicted octanol–water partition coefficient (Wildman–Crippen LogP) is 5.93. The van der Waals surface area contributed by atoms with E-state index in [1.165, 1.54) is 12.1 Å². The topological polar surface area (TPSA) is 32.7 Å². The van der Waals surface area contributed by atoms with Crippen molar-refractivity contribution in [3.63, 3.8) is 0 Å². The predicted molar refractivity (Wildman–Crippen MR) is 119 cm³/mol. The molecule has 7 heteroatoms. The number of aliphatic hydroxyl groups excluding tert-OH is 1. The molecule has 1 saturated carbocycles. The fraction of sp³-hybridized carbons (Fsp3) is 0.520. The molecule has 0 radical (unpaired) electrons. The number of β-amino-alcohol motifs (C(OH)–C–C–N with tert-alkyl or cyclic N) is 1. The number of alkyl halides is 3. The van der Waals surface area contributed by atoms with Gasteiger partial charge in [0.05, 0.1) is 18.3 Å². The zero-order valence-electron chi connectivity index (χ0n) is 18.0. The second-order valence-electron chi connectivity index (χ2n) is 9.13. The van der Waals surface area contributed by atoms with Crippen molar-refractivity contribution >= 4 is 11.6 Å². The third-order valence-corrected chi connectivity index (χ3v) is 7.26. The van der Waals surface area contributed by atoms with Gasteiger partial charge in [-0.05, 0) is 74.2 Å². The zero-order chi connectivity index (χ0) is 22.8. The van der Waals surface area contributed by atoms with Gasteiger partial charge in [-0.3, -0.25) is 0 Å². The van der Waals surface area contributed by atoms with E-state index in [1.54, 1.807) is 0 Å². The summed E-state index contributed by atoms with van der Waals surface area (Å²) < 4.78 is 43.9. The standard InChI is InChI=1S/C25H29ClF3NO2/c26-21-8-4-19(5-9-21)24(12-2-13-24)23(31)16-30-14-1-3-18(15-30)17-32-22-10-6-20(7-11-22)25(27,28)29/h4-11,18,23,31H,1-3,12-17H2. The van der Waals surface area contributed by atoms with Crippen molar-refractivity contribution in [1.29, 1.82) is 0 Å². The minimum atomic E-state index is -4.34. The summed E-state index contributed by atoms with van der Waals surface area (Å²) >= 11 is 6.04. The molecule has 1 aliphatic carbocycles. The van der Waals surface area contributed by atoms with Crippen LogP contribution < -0.4 is 4.74 Å². The summed E-state index contributed by atoms with van der Waals surface area (Å²) in [6, 6.07) is 12.7. The van der Waals surface area contributed by atoms with E-state index in [-0.39, 0.29) is 11.3 Å². The van der Waals surface area contributed by atoms with Crippen molar-refractivity contribution in [1.82, 2.24) is 4.90 Å². The van der Waals surface area contributed by atoms with Crippen LogP contribution >= 0.6 is 11.6 Å². The van der Waals surface area contributed by atoms with Crippen LogP contribution in [0.4, 0.5) is 13.2 Å². The number of piperidine rings is 1. The molecule has 32 heavy (non-hydrogen) atoms. The van der Waals surface area contributed by atoms with Gasteiger partial charge in [0.1, 0.15) is 5.75 Å². The lowest BCUT2D eigenvalue weighted by molar-refractivity contribution is -0.137. The summed E-state index contributed by atoms with van der Waals surface area (Å²) in [6.07, 6.45) is 0.300. The van der Waals surface area contributed by atoms with Crippen LogP contribution in [0, 0.1) is 5.92 Å². The summed E-state index contributed by atoms with van der Waals surface area (Å²) in [7, 11) is 0. The maximum atomic E-state index is 12.7. The molecule has 3 nitrogen and oxygen atoms in total. The molecule has 1 heterocycles. The Morgan fingerprint density at radius 3 is 2.34 bits per heavy atom. The molecule has 1 saturated heterocycles. The van der Waals surface area contributed by atoms with Crippen molar-refractivity contribution < 1.29 is 23.0 Å². The number of ether oxygens (including phenoxy) is 1. The van der Waals surface area contributed by atoms with E-state index in [1.807, 2.05) is 24.3 Å². The van der Waals surface area contributed by atoms with E-state index in [9.17, 15) is 18.3 Å². The van der Waals surface area contributed by atoms with Crippen LogP contribution in [0.1, 0.15) is 43.2 Å². The Kier molecular flexibility index (Phi) is 7.03. The number of halogens is 4. The van der Waals surface area contributed by atoms with Gasteiger partial charge in [0.2, 0.25) is 0 Å². The smallest absolute Gasteiger partial charge is 0.416 e. The van der Waals surface area contributed by atoms with Crippen LogP contribution in [0.5, 0.6) is 5.75 Å². The third kappa shape index (κ3) is 5.24.